The number of rotatable bonds is 9. The van der Waals surface area contributed by atoms with Gasteiger partial charge in [0.2, 0.25) is 0 Å². The van der Waals surface area contributed by atoms with E-state index in [2.05, 4.69) is 16.7 Å². The van der Waals surface area contributed by atoms with E-state index in [0.29, 0.717) is 66.5 Å². The lowest BCUT2D eigenvalue weighted by Crippen LogP contribution is -2.49. The highest BCUT2D eigenvalue weighted by Crippen LogP contribution is 2.24. The van der Waals surface area contributed by atoms with Crippen molar-refractivity contribution < 1.29 is 14.3 Å². The van der Waals surface area contributed by atoms with Crippen LogP contribution in [0.2, 0.25) is 10.0 Å². The van der Waals surface area contributed by atoms with Crippen LogP contribution in [0, 0.1) is 0 Å². The van der Waals surface area contributed by atoms with Crippen LogP contribution in [0.5, 0.6) is 5.75 Å². The third-order valence-corrected chi connectivity index (χ3v) is 7.66. The Labute approximate surface area is 217 Å². The van der Waals surface area contributed by atoms with Gasteiger partial charge in [0.05, 0.1) is 23.2 Å². The van der Waals surface area contributed by atoms with E-state index in [0.717, 1.165) is 18.7 Å². The van der Waals surface area contributed by atoms with Crippen LogP contribution in [0.3, 0.4) is 0 Å². The van der Waals surface area contributed by atoms with E-state index < -0.39 is 0 Å². The molecule has 0 N–H and O–H groups in total. The standard InChI is InChI=1S/C27H33Cl2N3O3/c1-20-4-2-11-31(20)12-3-17-35-23-8-5-21(6-9-23)26(33)19-30-13-15-32(16-14-30)27(34)22-7-10-24(28)25(29)18-22/h5-10,18,20H,2-4,11-17,19H2,1H3/t20-/m1/s1. The second-order valence-corrected chi connectivity index (χ2v) is 10.2. The SMILES string of the molecule is C[C@@H]1CCCN1CCCOc1ccc(C(=O)CN2CCN(C(=O)c3ccc(Cl)c(Cl)c3)CC2)cc1. The van der Waals surface area contributed by atoms with Gasteiger partial charge in [0.25, 0.3) is 5.91 Å². The Bertz CT molecular complexity index is 1020. The van der Waals surface area contributed by atoms with Gasteiger partial charge in [-0.15, -0.1) is 0 Å². The number of piperazine rings is 1. The van der Waals surface area contributed by atoms with E-state index in [1.165, 1.54) is 19.4 Å². The number of ketones is 1. The van der Waals surface area contributed by atoms with Gasteiger partial charge >= 0.3 is 0 Å². The molecule has 0 radical (unpaired) electrons. The molecular formula is C27H33Cl2N3O3. The predicted molar refractivity (Wildman–Crippen MR) is 140 cm³/mol. The Morgan fingerprint density at radius 3 is 2.31 bits per heavy atom. The van der Waals surface area contributed by atoms with Crippen molar-refractivity contribution in [2.45, 2.75) is 32.2 Å². The minimum atomic E-state index is -0.0694. The number of Topliss-reactive ketones (excluding diaryl/α,β-unsaturated/α-hetero) is 1. The molecule has 0 spiro atoms. The molecule has 35 heavy (non-hydrogen) atoms. The molecule has 1 atom stereocenters. The summed E-state index contributed by atoms with van der Waals surface area (Å²) < 4.78 is 5.87. The van der Waals surface area contributed by atoms with Crippen LogP contribution in [-0.2, 0) is 0 Å². The van der Waals surface area contributed by atoms with Crippen LogP contribution in [0.15, 0.2) is 42.5 Å². The summed E-state index contributed by atoms with van der Waals surface area (Å²) in [6.45, 7) is 8.01. The molecule has 0 aliphatic carbocycles. The number of nitrogens with zero attached hydrogens (tertiary/aromatic N) is 3. The van der Waals surface area contributed by atoms with Crippen molar-refractivity contribution in [3.63, 3.8) is 0 Å². The van der Waals surface area contributed by atoms with Gasteiger partial charge in [0.15, 0.2) is 5.78 Å². The molecule has 0 unspecified atom stereocenters. The maximum absolute atomic E-state index is 12.8. The van der Waals surface area contributed by atoms with E-state index in [4.69, 9.17) is 27.9 Å². The lowest BCUT2D eigenvalue weighted by molar-refractivity contribution is 0.0624. The van der Waals surface area contributed by atoms with E-state index in [1.54, 1.807) is 23.1 Å². The molecule has 0 bridgehead atoms. The van der Waals surface area contributed by atoms with Crippen LogP contribution in [0.1, 0.15) is 46.9 Å². The van der Waals surface area contributed by atoms with Gasteiger partial charge in [-0.3, -0.25) is 14.5 Å². The summed E-state index contributed by atoms with van der Waals surface area (Å²) in [6.07, 6.45) is 3.59. The molecule has 6 nitrogen and oxygen atoms in total. The molecule has 2 aromatic carbocycles. The summed E-state index contributed by atoms with van der Waals surface area (Å²) in [6, 6.07) is 13.0. The highest BCUT2D eigenvalue weighted by atomic mass is 35.5. The molecule has 0 aromatic heterocycles. The quantitative estimate of drug-likeness (QED) is 0.350. The molecule has 0 saturated carbocycles. The van der Waals surface area contributed by atoms with E-state index >= 15 is 0 Å². The van der Waals surface area contributed by atoms with Crippen molar-refractivity contribution >= 4 is 34.9 Å². The van der Waals surface area contributed by atoms with Crippen LogP contribution < -0.4 is 4.74 Å². The predicted octanol–water partition coefficient (Wildman–Crippen LogP) is 4.89. The average Bonchev–Trinajstić information content (AvgIpc) is 3.28. The van der Waals surface area contributed by atoms with Crippen molar-refractivity contribution in [3.05, 3.63) is 63.6 Å². The molecule has 2 saturated heterocycles. The maximum atomic E-state index is 12.8. The number of hydrogen-bond acceptors (Lipinski definition) is 5. The second-order valence-electron chi connectivity index (χ2n) is 9.37. The summed E-state index contributed by atoms with van der Waals surface area (Å²) in [4.78, 5) is 31.9. The third-order valence-electron chi connectivity index (χ3n) is 6.92. The lowest BCUT2D eigenvalue weighted by Gasteiger charge is -2.34. The number of carbonyl (C=O) groups is 2. The van der Waals surface area contributed by atoms with Crippen molar-refractivity contribution in [2.75, 3.05) is 52.4 Å². The summed E-state index contributed by atoms with van der Waals surface area (Å²) in [5.41, 5.74) is 1.20. The number of benzene rings is 2. The van der Waals surface area contributed by atoms with Crippen molar-refractivity contribution in [1.82, 2.24) is 14.7 Å². The van der Waals surface area contributed by atoms with Gasteiger partial charge in [-0.25, -0.2) is 0 Å². The average molecular weight is 518 g/mol. The van der Waals surface area contributed by atoms with Gasteiger partial charge in [-0.05, 0) is 75.2 Å². The van der Waals surface area contributed by atoms with Gasteiger partial charge in [0, 0.05) is 49.9 Å². The number of hydrogen-bond donors (Lipinski definition) is 0. The first-order chi connectivity index (χ1) is 16.9. The van der Waals surface area contributed by atoms with Crippen LogP contribution >= 0.6 is 23.2 Å². The van der Waals surface area contributed by atoms with Crippen LogP contribution in [0.4, 0.5) is 0 Å². The summed E-state index contributed by atoms with van der Waals surface area (Å²) >= 11 is 12.0. The fraction of sp³-hybridized carbons (Fsp3) is 0.481. The first-order valence-electron chi connectivity index (χ1n) is 12.4. The Morgan fingerprint density at radius 1 is 0.943 bits per heavy atom. The van der Waals surface area contributed by atoms with Crippen molar-refractivity contribution in [3.8, 4) is 5.75 Å². The third kappa shape index (κ3) is 6.98. The highest BCUT2D eigenvalue weighted by Gasteiger charge is 2.24. The minimum absolute atomic E-state index is 0.0694. The molecule has 2 fully saturated rings. The van der Waals surface area contributed by atoms with E-state index in [1.807, 2.05) is 24.3 Å². The molecular weight excluding hydrogens is 485 g/mol. The molecule has 4 rings (SSSR count). The van der Waals surface area contributed by atoms with E-state index in [-0.39, 0.29) is 11.7 Å². The zero-order valence-electron chi connectivity index (χ0n) is 20.2. The number of halogens is 2. The zero-order valence-corrected chi connectivity index (χ0v) is 21.7. The Balaban J connectivity index is 1.18. The Morgan fingerprint density at radius 2 is 1.66 bits per heavy atom. The lowest BCUT2D eigenvalue weighted by atomic mass is 10.1. The normalized spacial score (nSPS) is 19.2. The Kier molecular flexibility index (Phi) is 9.06. The monoisotopic (exact) mass is 517 g/mol. The Hall–Kier alpha value is -2.12. The fourth-order valence-electron chi connectivity index (χ4n) is 4.73. The first-order valence-corrected chi connectivity index (χ1v) is 13.1. The van der Waals surface area contributed by atoms with Crippen molar-refractivity contribution in [1.29, 1.82) is 0 Å². The molecule has 2 aromatic rings. The topological polar surface area (TPSA) is 53.1 Å². The van der Waals surface area contributed by atoms with Crippen molar-refractivity contribution in [2.24, 2.45) is 0 Å². The van der Waals surface area contributed by atoms with Gasteiger partial charge in [-0.1, -0.05) is 23.2 Å². The molecule has 8 heteroatoms. The summed E-state index contributed by atoms with van der Waals surface area (Å²) in [5.74, 6) is 0.800. The van der Waals surface area contributed by atoms with Crippen LogP contribution in [-0.4, -0.2) is 84.9 Å². The summed E-state index contributed by atoms with van der Waals surface area (Å²) in [5, 5.41) is 0.799. The zero-order chi connectivity index (χ0) is 24.8. The van der Waals surface area contributed by atoms with Crippen LogP contribution in [0.25, 0.3) is 0 Å². The second kappa shape index (κ2) is 12.2. The largest absolute Gasteiger partial charge is 0.494 e. The van der Waals surface area contributed by atoms with Gasteiger partial charge in [0.1, 0.15) is 5.75 Å². The molecule has 2 aliphatic heterocycles. The number of carbonyl (C=O) groups excluding carboxylic acids is 2. The maximum Gasteiger partial charge on any atom is 0.253 e. The fourth-order valence-corrected chi connectivity index (χ4v) is 5.03. The molecule has 1 amide bonds. The first kappa shape index (κ1) is 26.0. The highest BCUT2D eigenvalue weighted by molar-refractivity contribution is 6.42. The number of amides is 1. The molecule has 188 valence electrons. The smallest absolute Gasteiger partial charge is 0.253 e. The minimum Gasteiger partial charge on any atom is -0.494 e. The van der Waals surface area contributed by atoms with Gasteiger partial charge in [-0.2, -0.15) is 0 Å². The number of ether oxygens (including phenoxy) is 1. The van der Waals surface area contributed by atoms with Gasteiger partial charge < -0.3 is 14.5 Å². The molecule has 2 heterocycles. The number of likely N-dealkylation sites (tertiary alicyclic amines) is 1. The summed E-state index contributed by atoms with van der Waals surface area (Å²) in [7, 11) is 0. The molecule has 2 aliphatic rings. The van der Waals surface area contributed by atoms with E-state index in [9.17, 15) is 9.59 Å².